The van der Waals surface area contributed by atoms with Gasteiger partial charge < -0.3 is 15.7 Å². The average Bonchev–Trinajstić information content (AvgIpc) is 2.90. The van der Waals surface area contributed by atoms with Gasteiger partial charge in [0.1, 0.15) is 11.5 Å². The van der Waals surface area contributed by atoms with Gasteiger partial charge in [0, 0.05) is 37.0 Å². The summed E-state index contributed by atoms with van der Waals surface area (Å²) in [5, 5.41) is 19.2. The van der Waals surface area contributed by atoms with E-state index in [4.69, 9.17) is 0 Å². The van der Waals surface area contributed by atoms with Gasteiger partial charge in [-0.3, -0.25) is 14.3 Å². The molecular formula is C16H20N6O3. The fraction of sp³-hybridized carbons (Fsp3) is 0.438. The molecule has 0 aliphatic carbocycles. The number of aryl methyl sites for hydroxylation is 2. The molecule has 0 saturated heterocycles. The largest absolute Gasteiger partial charge is 0.389 e. The summed E-state index contributed by atoms with van der Waals surface area (Å²) in [6.07, 6.45) is -0.233. The number of nitrogens with one attached hydrogen (secondary N) is 2. The first kappa shape index (κ1) is 17.0. The van der Waals surface area contributed by atoms with Crippen LogP contribution in [0.5, 0.6) is 0 Å². The lowest BCUT2D eigenvalue weighted by Crippen LogP contribution is -2.30. The predicted molar refractivity (Wildman–Crippen MR) is 88.1 cm³/mol. The lowest BCUT2D eigenvalue weighted by molar-refractivity contribution is 0.0931. The van der Waals surface area contributed by atoms with Crippen LogP contribution in [-0.4, -0.2) is 55.9 Å². The molecule has 0 bridgehead atoms. The highest BCUT2D eigenvalue weighted by Gasteiger charge is 2.24. The first-order valence-corrected chi connectivity index (χ1v) is 8.06. The number of aliphatic hydroxyl groups excluding tert-OH is 1. The van der Waals surface area contributed by atoms with Crippen LogP contribution in [0, 0.1) is 13.8 Å². The third-order valence-electron chi connectivity index (χ3n) is 3.79. The van der Waals surface area contributed by atoms with Gasteiger partial charge in [0.05, 0.1) is 12.6 Å². The molecule has 0 spiro atoms. The summed E-state index contributed by atoms with van der Waals surface area (Å²) >= 11 is 0. The van der Waals surface area contributed by atoms with E-state index in [1.165, 1.54) is 10.7 Å². The maximum atomic E-state index is 12.2. The number of fused-ring (bicyclic) bond motifs is 1. The molecule has 3 heterocycles. The number of amides is 2. The second-order valence-electron chi connectivity index (χ2n) is 6.03. The van der Waals surface area contributed by atoms with Crippen molar-refractivity contribution in [3.05, 3.63) is 40.7 Å². The number of hydrogen-bond donors (Lipinski definition) is 3. The van der Waals surface area contributed by atoms with Crippen molar-refractivity contribution < 1.29 is 14.7 Å². The van der Waals surface area contributed by atoms with Gasteiger partial charge in [-0.2, -0.15) is 5.10 Å². The molecule has 2 aromatic heterocycles. The molecule has 0 radical (unpaired) electrons. The zero-order valence-electron chi connectivity index (χ0n) is 14.1. The highest BCUT2D eigenvalue weighted by Crippen LogP contribution is 2.09. The van der Waals surface area contributed by atoms with Gasteiger partial charge >= 0.3 is 0 Å². The number of carbonyl (C=O) groups excluding carboxylic acids is 2. The van der Waals surface area contributed by atoms with Crippen LogP contribution in [0.2, 0.25) is 0 Å². The van der Waals surface area contributed by atoms with Crippen molar-refractivity contribution in [2.45, 2.75) is 32.9 Å². The maximum Gasteiger partial charge on any atom is 0.271 e. The Bertz CT molecular complexity index is 796. The van der Waals surface area contributed by atoms with Gasteiger partial charge in [-0.15, -0.1) is 0 Å². The predicted octanol–water partition coefficient (Wildman–Crippen LogP) is -0.633. The minimum Gasteiger partial charge on any atom is -0.389 e. The van der Waals surface area contributed by atoms with Crippen molar-refractivity contribution in [1.29, 1.82) is 0 Å². The molecule has 9 nitrogen and oxygen atoms in total. The van der Waals surface area contributed by atoms with Crippen LogP contribution >= 0.6 is 0 Å². The summed E-state index contributed by atoms with van der Waals surface area (Å²) in [6, 6.07) is 3.32. The molecule has 1 aliphatic heterocycles. The third kappa shape index (κ3) is 4.00. The van der Waals surface area contributed by atoms with Gasteiger partial charge in [0.25, 0.3) is 11.8 Å². The lowest BCUT2D eigenvalue weighted by Gasteiger charge is -2.06. The smallest absolute Gasteiger partial charge is 0.271 e. The Morgan fingerprint density at radius 3 is 2.80 bits per heavy atom. The first-order valence-electron chi connectivity index (χ1n) is 8.06. The quantitative estimate of drug-likeness (QED) is 0.679. The Morgan fingerprint density at radius 2 is 2.08 bits per heavy atom. The first-order chi connectivity index (χ1) is 11.9. The molecule has 0 aromatic carbocycles. The molecule has 9 heteroatoms. The van der Waals surface area contributed by atoms with E-state index >= 15 is 0 Å². The molecule has 2 aromatic rings. The van der Waals surface area contributed by atoms with E-state index < -0.39 is 6.10 Å². The zero-order valence-corrected chi connectivity index (χ0v) is 14.1. The second kappa shape index (κ2) is 6.98. The Kier molecular flexibility index (Phi) is 4.75. The van der Waals surface area contributed by atoms with Crippen molar-refractivity contribution in [2.24, 2.45) is 0 Å². The summed E-state index contributed by atoms with van der Waals surface area (Å²) < 4.78 is 1.36. The summed E-state index contributed by atoms with van der Waals surface area (Å²) in [6.45, 7) is 4.49. The number of hydrogen-bond acceptors (Lipinski definition) is 6. The fourth-order valence-electron chi connectivity index (χ4n) is 2.70. The number of rotatable bonds is 4. The van der Waals surface area contributed by atoms with Crippen molar-refractivity contribution in [3.63, 3.8) is 0 Å². The van der Waals surface area contributed by atoms with Gasteiger partial charge in [0.15, 0.2) is 5.69 Å². The van der Waals surface area contributed by atoms with Crippen LogP contribution in [0.15, 0.2) is 12.1 Å². The topological polar surface area (TPSA) is 122 Å². The van der Waals surface area contributed by atoms with Crippen LogP contribution in [0.4, 0.5) is 0 Å². The molecule has 3 N–H and O–H groups in total. The van der Waals surface area contributed by atoms with Gasteiger partial charge in [-0.25, -0.2) is 9.97 Å². The van der Waals surface area contributed by atoms with Crippen LogP contribution < -0.4 is 10.6 Å². The standard InChI is InChI=1S/C16H20N6O3/c1-9-5-10(2)20-14(19-9)3-4-17-15(24)12-6-13-16(25)18-7-11(23)8-22(13)21-12/h5-6,11,23H,3-4,7-8H2,1-2H3,(H,17,24)(H,18,25). The minimum absolute atomic E-state index is 0.139. The normalized spacial score (nSPS) is 16.8. The molecule has 1 aliphatic rings. The molecule has 1 unspecified atom stereocenters. The molecule has 0 fully saturated rings. The molecule has 132 valence electrons. The van der Waals surface area contributed by atoms with E-state index in [2.05, 4.69) is 25.7 Å². The SMILES string of the molecule is Cc1cc(C)nc(CCNC(=O)c2cc3n(n2)CC(O)CNC3=O)n1. The van der Waals surface area contributed by atoms with E-state index in [1.807, 2.05) is 19.9 Å². The second-order valence-corrected chi connectivity index (χ2v) is 6.03. The summed E-state index contributed by atoms with van der Waals surface area (Å²) in [5.41, 5.74) is 2.17. The van der Waals surface area contributed by atoms with Crippen molar-refractivity contribution in [1.82, 2.24) is 30.4 Å². The molecule has 3 rings (SSSR count). The average molecular weight is 344 g/mol. The summed E-state index contributed by atoms with van der Waals surface area (Å²) in [7, 11) is 0. The maximum absolute atomic E-state index is 12.2. The molecule has 1 atom stereocenters. The van der Waals surface area contributed by atoms with E-state index in [0.717, 1.165) is 11.4 Å². The van der Waals surface area contributed by atoms with Gasteiger partial charge in [0.2, 0.25) is 0 Å². The van der Waals surface area contributed by atoms with Crippen LogP contribution in [0.1, 0.15) is 38.2 Å². The summed E-state index contributed by atoms with van der Waals surface area (Å²) in [4.78, 5) is 32.8. The van der Waals surface area contributed by atoms with Gasteiger partial charge in [-0.05, 0) is 19.9 Å². The Balaban J connectivity index is 1.63. The van der Waals surface area contributed by atoms with Crippen molar-refractivity contribution in [3.8, 4) is 0 Å². The highest BCUT2D eigenvalue weighted by atomic mass is 16.3. The molecule has 0 saturated carbocycles. The minimum atomic E-state index is -0.734. The Hall–Kier alpha value is -2.81. The number of nitrogens with zero attached hydrogens (tertiary/aromatic N) is 4. The number of carbonyl (C=O) groups is 2. The lowest BCUT2D eigenvalue weighted by atomic mass is 10.3. The molecule has 25 heavy (non-hydrogen) atoms. The number of aliphatic hydroxyl groups is 1. The highest BCUT2D eigenvalue weighted by molar-refractivity contribution is 5.98. The van der Waals surface area contributed by atoms with E-state index in [1.54, 1.807) is 0 Å². The third-order valence-corrected chi connectivity index (χ3v) is 3.79. The van der Waals surface area contributed by atoms with Crippen LogP contribution in [-0.2, 0) is 13.0 Å². The van der Waals surface area contributed by atoms with E-state index in [0.29, 0.717) is 18.8 Å². The summed E-state index contributed by atoms with van der Waals surface area (Å²) in [5.74, 6) is -0.0695. The molecule has 2 amide bonds. The van der Waals surface area contributed by atoms with Crippen molar-refractivity contribution >= 4 is 11.8 Å². The van der Waals surface area contributed by atoms with Gasteiger partial charge in [-0.1, -0.05) is 0 Å². The van der Waals surface area contributed by atoms with Crippen LogP contribution in [0.25, 0.3) is 0 Å². The van der Waals surface area contributed by atoms with E-state index in [-0.39, 0.29) is 36.3 Å². The Labute approximate surface area is 144 Å². The fourth-order valence-corrected chi connectivity index (χ4v) is 2.70. The van der Waals surface area contributed by atoms with Crippen LogP contribution in [0.3, 0.4) is 0 Å². The molecular weight excluding hydrogens is 324 g/mol. The van der Waals surface area contributed by atoms with E-state index in [9.17, 15) is 14.7 Å². The monoisotopic (exact) mass is 344 g/mol. The van der Waals surface area contributed by atoms with Crippen molar-refractivity contribution in [2.75, 3.05) is 13.1 Å². The number of aromatic nitrogens is 4. The Morgan fingerprint density at radius 1 is 1.36 bits per heavy atom. The zero-order chi connectivity index (χ0) is 18.0. The number of β-amino-alcohol motifs (C(OH)–C–C–N with tert-alkyl or cyclic N) is 1.